The van der Waals surface area contributed by atoms with Gasteiger partial charge in [0.1, 0.15) is 0 Å². The molecule has 0 aromatic heterocycles. The molecule has 1 aliphatic rings. The summed E-state index contributed by atoms with van der Waals surface area (Å²) < 4.78 is 96.2. The summed E-state index contributed by atoms with van der Waals surface area (Å²) >= 11 is 1.67. The summed E-state index contributed by atoms with van der Waals surface area (Å²) in [6.45, 7) is 2.06. The molecule has 0 saturated carbocycles. The Bertz CT molecular complexity index is 387. The van der Waals surface area contributed by atoms with E-state index in [1.807, 2.05) is 0 Å². The molecule has 0 bridgehead atoms. The lowest BCUT2D eigenvalue weighted by atomic mass is 9.98. The van der Waals surface area contributed by atoms with Gasteiger partial charge in [-0.15, -0.1) is 0 Å². The molecule has 1 rings (SSSR count). The molecule has 1 aliphatic heterocycles. The van der Waals surface area contributed by atoms with Crippen LogP contribution in [-0.2, 0) is 4.74 Å². The predicted octanol–water partition coefficient (Wildman–Crippen LogP) is 6.88. The predicted molar refractivity (Wildman–Crippen MR) is 84.8 cm³/mol. The number of ether oxygens (including phenoxy) is 1. The van der Waals surface area contributed by atoms with Gasteiger partial charge in [-0.3, -0.25) is 4.74 Å². The molecule has 0 aromatic rings. The molecule has 0 amide bonds. The molecule has 2 atom stereocenters. The standard InChI is InChI=1S/C15H22F7IO/c1-2-3-4-5-6-7-8-11(23)9-12(16,17)14(20)10-13(18,19)15(21,22)24-14/h11H,2-10H2,1H3. The van der Waals surface area contributed by atoms with Crippen LogP contribution in [-0.4, -0.2) is 27.7 Å². The van der Waals surface area contributed by atoms with Crippen molar-refractivity contribution < 1.29 is 35.5 Å². The summed E-state index contributed by atoms with van der Waals surface area (Å²) in [5.41, 5.74) is 0. The molecule has 0 aromatic carbocycles. The Balaban J connectivity index is 2.51. The van der Waals surface area contributed by atoms with E-state index in [9.17, 15) is 30.7 Å². The monoisotopic (exact) mass is 478 g/mol. The van der Waals surface area contributed by atoms with Crippen LogP contribution in [0.2, 0.25) is 0 Å². The number of halogens is 8. The molecule has 0 spiro atoms. The van der Waals surface area contributed by atoms with Gasteiger partial charge in [0.05, 0.1) is 6.42 Å². The van der Waals surface area contributed by atoms with E-state index in [1.165, 1.54) is 0 Å². The Morgan fingerprint density at radius 3 is 2.04 bits per heavy atom. The van der Waals surface area contributed by atoms with E-state index in [2.05, 4.69) is 11.7 Å². The fraction of sp³-hybridized carbons (Fsp3) is 1.00. The lowest BCUT2D eigenvalue weighted by Gasteiger charge is -2.30. The van der Waals surface area contributed by atoms with Gasteiger partial charge in [-0.05, 0) is 6.42 Å². The fourth-order valence-electron chi connectivity index (χ4n) is 2.59. The van der Waals surface area contributed by atoms with Crippen molar-refractivity contribution >= 4 is 22.6 Å². The van der Waals surface area contributed by atoms with Crippen LogP contribution < -0.4 is 0 Å². The van der Waals surface area contributed by atoms with E-state index in [4.69, 9.17) is 0 Å². The van der Waals surface area contributed by atoms with E-state index >= 15 is 0 Å². The van der Waals surface area contributed by atoms with Gasteiger partial charge >= 0.3 is 18.0 Å². The maximum Gasteiger partial charge on any atom is 0.422 e. The van der Waals surface area contributed by atoms with Gasteiger partial charge in [0.25, 0.3) is 5.85 Å². The second kappa shape index (κ2) is 8.26. The number of hydrogen-bond donors (Lipinski definition) is 0. The van der Waals surface area contributed by atoms with E-state index < -0.39 is 40.6 Å². The van der Waals surface area contributed by atoms with E-state index in [0.717, 1.165) is 32.1 Å². The average molecular weight is 478 g/mol. The lowest BCUT2D eigenvalue weighted by Crippen LogP contribution is -2.46. The molecule has 0 N–H and O–H groups in total. The largest absolute Gasteiger partial charge is 0.422 e. The van der Waals surface area contributed by atoms with Crippen molar-refractivity contribution in [1.82, 2.24) is 0 Å². The first-order valence-electron chi connectivity index (χ1n) is 8.03. The maximum atomic E-state index is 14.0. The Morgan fingerprint density at radius 1 is 1.00 bits per heavy atom. The third-order valence-electron chi connectivity index (χ3n) is 4.06. The minimum Gasteiger partial charge on any atom is -0.272 e. The SMILES string of the molecule is CCCCCCCCC(I)CC(F)(F)C1(F)CC(F)(F)C(F)(F)O1. The zero-order valence-electron chi connectivity index (χ0n) is 13.4. The average Bonchev–Trinajstić information content (AvgIpc) is 2.58. The van der Waals surface area contributed by atoms with E-state index in [1.54, 1.807) is 22.6 Å². The first kappa shape index (κ1) is 22.2. The Labute approximate surface area is 150 Å². The van der Waals surface area contributed by atoms with E-state index in [-0.39, 0.29) is 0 Å². The first-order chi connectivity index (χ1) is 10.9. The van der Waals surface area contributed by atoms with Crippen LogP contribution in [0.4, 0.5) is 30.7 Å². The zero-order valence-corrected chi connectivity index (χ0v) is 15.5. The van der Waals surface area contributed by atoms with Gasteiger partial charge in [0, 0.05) is 10.3 Å². The molecule has 1 nitrogen and oxygen atoms in total. The molecule has 1 saturated heterocycles. The minimum absolute atomic E-state index is 0.338. The molecule has 1 heterocycles. The van der Waals surface area contributed by atoms with Gasteiger partial charge in [0.15, 0.2) is 0 Å². The number of hydrogen-bond acceptors (Lipinski definition) is 1. The van der Waals surface area contributed by atoms with Crippen molar-refractivity contribution in [3.63, 3.8) is 0 Å². The smallest absolute Gasteiger partial charge is 0.272 e. The van der Waals surface area contributed by atoms with Gasteiger partial charge < -0.3 is 0 Å². The van der Waals surface area contributed by atoms with Crippen LogP contribution >= 0.6 is 22.6 Å². The maximum absolute atomic E-state index is 14.0. The Morgan fingerprint density at radius 2 is 1.54 bits per heavy atom. The molecule has 1 fully saturated rings. The second-order valence-electron chi connectivity index (χ2n) is 6.29. The van der Waals surface area contributed by atoms with Gasteiger partial charge in [0.2, 0.25) is 0 Å². The van der Waals surface area contributed by atoms with Crippen LogP contribution in [0.25, 0.3) is 0 Å². The quantitative estimate of drug-likeness (QED) is 0.144. The van der Waals surface area contributed by atoms with Crippen molar-refractivity contribution in [1.29, 1.82) is 0 Å². The molecule has 0 aliphatic carbocycles. The van der Waals surface area contributed by atoms with Crippen molar-refractivity contribution in [3.05, 3.63) is 0 Å². The highest BCUT2D eigenvalue weighted by Gasteiger charge is 2.77. The molecular weight excluding hydrogens is 456 g/mol. The molecule has 9 heteroatoms. The molecular formula is C15H22F7IO. The van der Waals surface area contributed by atoms with Crippen molar-refractivity contribution in [2.24, 2.45) is 0 Å². The summed E-state index contributed by atoms with van der Waals surface area (Å²) in [7, 11) is 0. The highest BCUT2D eigenvalue weighted by Crippen LogP contribution is 2.57. The minimum atomic E-state index is -5.23. The number of rotatable bonds is 10. The normalized spacial score (nSPS) is 27.4. The Hall–Kier alpha value is 0.200. The lowest BCUT2D eigenvalue weighted by molar-refractivity contribution is -0.368. The highest BCUT2D eigenvalue weighted by atomic mass is 127. The third kappa shape index (κ3) is 5.35. The third-order valence-corrected chi connectivity index (χ3v) is 5.12. The van der Waals surface area contributed by atoms with Gasteiger partial charge in [-0.1, -0.05) is 68.0 Å². The summed E-state index contributed by atoms with van der Waals surface area (Å²) in [5, 5.41) is 0. The summed E-state index contributed by atoms with van der Waals surface area (Å²) in [6, 6.07) is 0. The Kier molecular flexibility index (Phi) is 7.66. The van der Waals surface area contributed by atoms with Crippen molar-refractivity contribution in [3.8, 4) is 0 Å². The zero-order chi connectivity index (χ0) is 18.6. The van der Waals surface area contributed by atoms with Crippen LogP contribution in [0.3, 0.4) is 0 Å². The number of unbranched alkanes of at least 4 members (excludes halogenated alkanes) is 5. The summed E-state index contributed by atoms with van der Waals surface area (Å²) in [5.74, 6) is -13.7. The number of alkyl halides is 8. The van der Waals surface area contributed by atoms with Crippen LogP contribution in [0.5, 0.6) is 0 Å². The van der Waals surface area contributed by atoms with Crippen LogP contribution in [0.1, 0.15) is 64.7 Å². The van der Waals surface area contributed by atoms with Crippen LogP contribution in [0, 0.1) is 0 Å². The van der Waals surface area contributed by atoms with Crippen molar-refractivity contribution in [2.75, 3.05) is 0 Å². The summed E-state index contributed by atoms with van der Waals surface area (Å²) in [4.78, 5) is 0. The van der Waals surface area contributed by atoms with Crippen LogP contribution in [0.15, 0.2) is 0 Å². The van der Waals surface area contributed by atoms with E-state index in [0.29, 0.717) is 12.8 Å². The highest BCUT2D eigenvalue weighted by molar-refractivity contribution is 14.1. The van der Waals surface area contributed by atoms with Crippen molar-refractivity contribution in [2.45, 2.75) is 92.4 Å². The van der Waals surface area contributed by atoms with Gasteiger partial charge in [-0.2, -0.15) is 17.6 Å². The second-order valence-corrected chi connectivity index (χ2v) is 8.05. The molecule has 2 unspecified atom stereocenters. The first-order valence-corrected chi connectivity index (χ1v) is 9.28. The molecule has 144 valence electrons. The molecule has 24 heavy (non-hydrogen) atoms. The summed E-state index contributed by atoms with van der Waals surface area (Å²) in [6.07, 6.45) is -2.71. The molecule has 0 radical (unpaired) electrons. The van der Waals surface area contributed by atoms with Gasteiger partial charge in [-0.25, -0.2) is 13.2 Å². The fourth-order valence-corrected chi connectivity index (χ4v) is 3.58. The topological polar surface area (TPSA) is 9.23 Å².